The van der Waals surface area contributed by atoms with E-state index in [0.717, 1.165) is 22.3 Å². The van der Waals surface area contributed by atoms with Crippen molar-refractivity contribution in [3.05, 3.63) is 70.0 Å². The van der Waals surface area contributed by atoms with Crippen LogP contribution >= 0.6 is 12.2 Å². The Balaban J connectivity index is 1.79. The lowest BCUT2D eigenvalue weighted by Crippen LogP contribution is -2.30. The number of carbonyl (C=O) groups excluding carboxylic acids is 1. The van der Waals surface area contributed by atoms with E-state index in [-0.39, 0.29) is 18.5 Å². The van der Waals surface area contributed by atoms with Crippen molar-refractivity contribution in [1.82, 2.24) is 20.1 Å². The van der Waals surface area contributed by atoms with Crippen LogP contribution in [0, 0.1) is 18.6 Å². The summed E-state index contributed by atoms with van der Waals surface area (Å²) in [7, 11) is 0. The number of amides is 1. The van der Waals surface area contributed by atoms with E-state index >= 15 is 0 Å². The molecule has 0 fully saturated rings. The number of aromatic amines is 1. The molecule has 0 spiro atoms. The molecule has 0 saturated carbocycles. The highest BCUT2D eigenvalue weighted by molar-refractivity contribution is 7.71. The second-order valence-electron chi connectivity index (χ2n) is 6.45. The van der Waals surface area contributed by atoms with Gasteiger partial charge in [-0.25, -0.2) is 0 Å². The Labute approximate surface area is 158 Å². The summed E-state index contributed by atoms with van der Waals surface area (Å²) in [6.07, 6.45) is 0. The van der Waals surface area contributed by atoms with Crippen LogP contribution in [-0.2, 0) is 11.3 Å². The highest BCUT2D eigenvalue weighted by atomic mass is 32.1. The summed E-state index contributed by atoms with van der Waals surface area (Å²) in [6.45, 7) is 6.16. The summed E-state index contributed by atoms with van der Waals surface area (Å²) in [6, 6.07) is 15.9. The monoisotopic (exact) mass is 366 g/mol. The first-order valence-corrected chi connectivity index (χ1v) is 8.93. The van der Waals surface area contributed by atoms with E-state index in [4.69, 9.17) is 12.2 Å². The van der Waals surface area contributed by atoms with Gasteiger partial charge in [0.2, 0.25) is 5.91 Å². The number of aromatic nitrogens is 3. The van der Waals surface area contributed by atoms with Crippen molar-refractivity contribution in [2.75, 3.05) is 0 Å². The number of H-pyrrole nitrogens is 1. The second kappa shape index (κ2) is 7.66. The molecule has 0 saturated heterocycles. The second-order valence-corrected chi connectivity index (χ2v) is 6.84. The molecule has 0 radical (unpaired) electrons. The minimum Gasteiger partial charge on any atom is -0.348 e. The van der Waals surface area contributed by atoms with Gasteiger partial charge in [-0.15, -0.1) is 0 Å². The van der Waals surface area contributed by atoms with Gasteiger partial charge in [-0.3, -0.25) is 14.5 Å². The van der Waals surface area contributed by atoms with Crippen molar-refractivity contribution in [2.24, 2.45) is 0 Å². The molecule has 1 heterocycles. The smallest absolute Gasteiger partial charge is 0.240 e. The Bertz CT molecular complexity index is 989. The van der Waals surface area contributed by atoms with Gasteiger partial charge in [0.25, 0.3) is 0 Å². The van der Waals surface area contributed by atoms with Crippen LogP contribution < -0.4 is 5.32 Å². The summed E-state index contributed by atoms with van der Waals surface area (Å²) in [5.41, 5.74) is 4.31. The van der Waals surface area contributed by atoms with Crippen molar-refractivity contribution < 1.29 is 4.79 Å². The van der Waals surface area contributed by atoms with E-state index in [0.29, 0.717) is 10.6 Å². The number of nitrogens with zero attached hydrogens (tertiary/aromatic N) is 2. The fourth-order valence-corrected chi connectivity index (χ4v) is 3.25. The van der Waals surface area contributed by atoms with Gasteiger partial charge in [0.1, 0.15) is 6.54 Å². The number of nitrogens with one attached hydrogen (secondary N) is 2. The third-order valence-electron chi connectivity index (χ3n) is 4.37. The van der Waals surface area contributed by atoms with Crippen molar-refractivity contribution in [2.45, 2.75) is 33.4 Å². The molecule has 2 aromatic carbocycles. The summed E-state index contributed by atoms with van der Waals surface area (Å²) in [4.78, 5) is 12.6. The Morgan fingerprint density at radius 1 is 1.23 bits per heavy atom. The third kappa shape index (κ3) is 3.91. The van der Waals surface area contributed by atoms with Gasteiger partial charge in [-0.1, -0.05) is 48.0 Å². The van der Waals surface area contributed by atoms with Crippen LogP contribution in [0.25, 0.3) is 11.4 Å². The van der Waals surface area contributed by atoms with Crippen molar-refractivity contribution >= 4 is 18.1 Å². The molecule has 1 amide bonds. The van der Waals surface area contributed by atoms with Crippen LogP contribution in [0.1, 0.15) is 29.7 Å². The maximum atomic E-state index is 12.6. The topological polar surface area (TPSA) is 62.7 Å². The normalized spacial score (nSPS) is 12.0. The Morgan fingerprint density at radius 3 is 2.73 bits per heavy atom. The molecule has 3 rings (SSSR count). The molecule has 2 N–H and O–H groups in total. The van der Waals surface area contributed by atoms with E-state index in [2.05, 4.69) is 15.5 Å². The zero-order valence-corrected chi connectivity index (χ0v) is 15.9. The lowest BCUT2D eigenvalue weighted by molar-refractivity contribution is -0.122. The first-order valence-electron chi connectivity index (χ1n) is 8.53. The lowest BCUT2D eigenvalue weighted by Gasteiger charge is -2.17. The number of aryl methyl sites for hydroxylation is 2. The van der Waals surface area contributed by atoms with Crippen LogP contribution in [0.3, 0.4) is 0 Å². The standard InChI is InChI=1S/C20H22N4OS/c1-13-7-6-9-16(11-13)19-22-23-20(26)24(19)12-18(25)21-15(3)17-10-5-4-8-14(17)2/h4-11,15H,12H2,1-3H3,(H,21,25)(H,23,26)/t15-/m1/s1. The molecule has 0 aliphatic rings. The fourth-order valence-electron chi connectivity index (χ4n) is 3.05. The van der Waals surface area contributed by atoms with Crippen LogP contribution in [0.2, 0.25) is 0 Å². The molecule has 1 atom stereocenters. The molecule has 3 aromatic rings. The zero-order valence-electron chi connectivity index (χ0n) is 15.1. The summed E-state index contributed by atoms with van der Waals surface area (Å²) in [5.74, 6) is 0.560. The van der Waals surface area contributed by atoms with Gasteiger partial charge in [-0.05, 0) is 50.2 Å². The molecule has 6 heteroatoms. The highest BCUT2D eigenvalue weighted by Crippen LogP contribution is 2.19. The lowest BCUT2D eigenvalue weighted by atomic mass is 10.0. The average Bonchev–Trinajstić information content (AvgIpc) is 2.96. The molecule has 0 bridgehead atoms. The van der Waals surface area contributed by atoms with E-state index < -0.39 is 0 Å². The first-order chi connectivity index (χ1) is 12.5. The maximum Gasteiger partial charge on any atom is 0.240 e. The minimum absolute atomic E-state index is 0.0767. The Hall–Kier alpha value is -2.73. The fraction of sp³-hybridized carbons (Fsp3) is 0.250. The molecule has 0 unspecified atom stereocenters. The van der Waals surface area contributed by atoms with Crippen molar-refractivity contribution in [3.8, 4) is 11.4 Å². The predicted octanol–water partition coefficient (Wildman–Crippen LogP) is 4.10. The van der Waals surface area contributed by atoms with E-state index in [9.17, 15) is 4.79 Å². The number of hydrogen-bond acceptors (Lipinski definition) is 3. The summed E-state index contributed by atoms with van der Waals surface area (Å²) >= 11 is 5.32. The van der Waals surface area contributed by atoms with E-state index in [1.165, 1.54) is 0 Å². The number of rotatable bonds is 5. The van der Waals surface area contributed by atoms with Gasteiger partial charge in [0, 0.05) is 5.56 Å². The SMILES string of the molecule is Cc1cccc(-c2n[nH]c(=S)n2CC(=O)N[C@H](C)c2ccccc2C)c1. The van der Waals surface area contributed by atoms with Crippen LogP contribution in [0.15, 0.2) is 48.5 Å². The molecule has 5 nitrogen and oxygen atoms in total. The Morgan fingerprint density at radius 2 is 2.00 bits per heavy atom. The molecule has 0 aliphatic carbocycles. The average molecular weight is 366 g/mol. The van der Waals surface area contributed by atoms with Gasteiger partial charge in [0.05, 0.1) is 6.04 Å². The Kier molecular flexibility index (Phi) is 5.32. The van der Waals surface area contributed by atoms with E-state index in [1.807, 2.05) is 69.3 Å². The first kappa shape index (κ1) is 18.1. The molecular formula is C20H22N4OS. The van der Waals surface area contributed by atoms with Gasteiger partial charge in [-0.2, -0.15) is 5.10 Å². The third-order valence-corrected chi connectivity index (χ3v) is 4.68. The largest absolute Gasteiger partial charge is 0.348 e. The minimum atomic E-state index is -0.104. The number of hydrogen-bond donors (Lipinski definition) is 2. The van der Waals surface area contributed by atoms with Crippen molar-refractivity contribution in [3.63, 3.8) is 0 Å². The van der Waals surface area contributed by atoms with Crippen LogP contribution in [-0.4, -0.2) is 20.7 Å². The van der Waals surface area contributed by atoms with Gasteiger partial charge < -0.3 is 5.32 Å². The summed E-state index contributed by atoms with van der Waals surface area (Å²) < 4.78 is 2.16. The van der Waals surface area contributed by atoms with Gasteiger partial charge >= 0.3 is 0 Å². The number of carbonyl (C=O) groups is 1. The van der Waals surface area contributed by atoms with Crippen molar-refractivity contribution in [1.29, 1.82) is 0 Å². The molecule has 1 aromatic heterocycles. The zero-order chi connectivity index (χ0) is 18.7. The van der Waals surface area contributed by atoms with E-state index in [1.54, 1.807) is 4.57 Å². The molecule has 0 aliphatic heterocycles. The van der Waals surface area contributed by atoms with Crippen LogP contribution in [0.4, 0.5) is 0 Å². The predicted molar refractivity (Wildman–Crippen MR) is 105 cm³/mol. The molecular weight excluding hydrogens is 344 g/mol. The maximum absolute atomic E-state index is 12.6. The highest BCUT2D eigenvalue weighted by Gasteiger charge is 2.15. The summed E-state index contributed by atoms with van der Waals surface area (Å²) in [5, 5.41) is 10.1. The van der Waals surface area contributed by atoms with Crippen LogP contribution in [0.5, 0.6) is 0 Å². The molecule has 134 valence electrons. The quantitative estimate of drug-likeness (QED) is 0.668. The number of benzene rings is 2. The van der Waals surface area contributed by atoms with Gasteiger partial charge in [0.15, 0.2) is 10.6 Å². The molecule has 26 heavy (non-hydrogen) atoms.